The van der Waals surface area contributed by atoms with E-state index in [2.05, 4.69) is 4.98 Å². The van der Waals surface area contributed by atoms with Gasteiger partial charge in [-0.2, -0.15) is 0 Å². The van der Waals surface area contributed by atoms with Crippen molar-refractivity contribution in [1.82, 2.24) is 4.98 Å². The highest BCUT2D eigenvalue weighted by molar-refractivity contribution is 7.18. The van der Waals surface area contributed by atoms with Gasteiger partial charge in [-0.25, -0.2) is 13.8 Å². The zero-order valence-corrected chi connectivity index (χ0v) is 15.6. The average molecular weight is 425 g/mol. The van der Waals surface area contributed by atoms with Gasteiger partial charge >= 0.3 is 5.97 Å². The summed E-state index contributed by atoms with van der Waals surface area (Å²) in [6.07, 6.45) is -1.72. The van der Waals surface area contributed by atoms with E-state index in [0.29, 0.717) is 11.4 Å². The van der Waals surface area contributed by atoms with Gasteiger partial charge in [0.05, 0.1) is 28.4 Å². The SMILES string of the molecule is O=C(O)CC1Oc2ccccc2N(Cc2nc3c(F)cc(Cl)c(F)c3s2)C1=O. The Kier molecular flexibility index (Phi) is 4.64. The smallest absolute Gasteiger partial charge is 0.307 e. The van der Waals surface area contributed by atoms with E-state index >= 15 is 0 Å². The van der Waals surface area contributed by atoms with Crippen LogP contribution in [-0.2, 0) is 16.1 Å². The summed E-state index contributed by atoms with van der Waals surface area (Å²) in [6, 6.07) is 7.48. The molecule has 1 aromatic heterocycles. The molecule has 1 amide bonds. The first-order valence-electron chi connectivity index (χ1n) is 8.07. The van der Waals surface area contributed by atoms with Crippen LogP contribution in [0.3, 0.4) is 0 Å². The Labute approximate surface area is 165 Å². The summed E-state index contributed by atoms with van der Waals surface area (Å²) in [7, 11) is 0. The van der Waals surface area contributed by atoms with Gasteiger partial charge in [0.1, 0.15) is 16.3 Å². The second-order valence-electron chi connectivity index (χ2n) is 6.04. The molecule has 3 aromatic rings. The summed E-state index contributed by atoms with van der Waals surface area (Å²) < 4.78 is 33.7. The zero-order valence-electron chi connectivity index (χ0n) is 14.0. The zero-order chi connectivity index (χ0) is 20.0. The molecule has 0 saturated heterocycles. The molecule has 0 aliphatic carbocycles. The Morgan fingerprint density at radius 2 is 2.11 bits per heavy atom. The van der Waals surface area contributed by atoms with Gasteiger partial charge in [0.25, 0.3) is 5.91 Å². The van der Waals surface area contributed by atoms with E-state index in [1.54, 1.807) is 24.3 Å². The molecule has 0 spiro atoms. The normalized spacial score (nSPS) is 16.2. The number of hydrogen-bond donors (Lipinski definition) is 1. The van der Waals surface area contributed by atoms with Crippen molar-refractivity contribution in [2.45, 2.75) is 19.1 Å². The molecule has 4 rings (SSSR count). The van der Waals surface area contributed by atoms with E-state index in [4.69, 9.17) is 21.4 Å². The molecule has 2 heterocycles. The van der Waals surface area contributed by atoms with Crippen molar-refractivity contribution < 1.29 is 28.2 Å². The number of para-hydroxylation sites is 2. The monoisotopic (exact) mass is 424 g/mol. The molecular weight excluding hydrogens is 414 g/mol. The molecular formula is C18H11ClF2N2O4S. The number of carbonyl (C=O) groups excluding carboxylic acids is 1. The number of amides is 1. The Morgan fingerprint density at radius 1 is 1.36 bits per heavy atom. The summed E-state index contributed by atoms with van der Waals surface area (Å²) in [6.45, 7) is -0.0921. The third-order valence-electron chi connectivity index (χ3n) is 4.18. The van der Waals surface area contributed by atoms with Crippen LogP contribution in [-0.4, -0.2) is 28.1 Å². The molecule has 1 aliphatic heterocycles. The van der Waals surface area contributed by atoms with Crippen LogP contribution in [0.25, 0.3) is 10.2 Å². The van der Waals surface area contributed by atoms with Gasteiger partial charge in [-0.3, -0.25) is 14.5 Å². The average Bonchev–Trinajstić information content (AvgIpc) is 3.07. The number of carbonyl (C=O) groups is 2. The number of hydrogen-bond acceptors (Lipinski definition) is 5. The largest absolute Gasteiger partial charge is 0.481 e. The van der Waals surface area contributed by atoms with Gasteiger partial charge < -0.3 is 9.84 Å². The fourth-order valence-corrected chi connectivity index (χ4v) is 4.21. The minimum Gasteiger partial charge on any atom is -0.481 e. The number of aromatic nitrogens is 1. The lowest BCUT2D eigenvalue weighted by Gasteiger charge is -2.33. The Morgan fingerprint density at radius 3 is 2.86 bits per heavy atom. The third-order valence-corrected chi connectivity index (χ3v) is 5.49. The van der Waals surface area contributed by atoms with Crippen molar-refractivity contribution in [1.29, 1.82) is 0 Å². The minimum atomic E-state index is -1.20. The van der Waals surface area contributed by atoms with Crippen LogP contribution in [0, 0.1) is 11.6 Å². The van der Waals surface area contributed by atoms with Crippen molar-refractivity contribution in [3.8, 4) is 5.75 Å². The maximum atomic E-state index is 14.2. The van der Waals surface area contributed by atoms with Crippen molar-refractivity contribution in [3.05, 3.63) is 52.0 Å². The maximum absolute atomic E-state index is 14.2. The molecule has 0 saturated carbocycles. The molecule has 10 heteroatoms. The number of rotatable bonds is 4. The summed E-state index contributed by atoms with van der Waals surface area (Å²) in [5.74, 6) is -2.95. The van der Waals surface area contributed by atoms with Crippen molar-refractivity contribution in [3.63, 3.8) is 0 Å². The highest BCUT2D eigenvalue weighted by Crippen LogP contribution is 2.37. The summed E-state index contributed by atoms with van der Waals surface area (Å²) in [5.41, 5.74) is 0.255. The van der Waals surface area contributed by atoms with Gasteiger partial charge in [0.2, 0.25) is 0 Å². The van der Waals surface area contributed by atoms with E-state index in [9.17, 15) is 18.4 Å². The summed E-state index contributed by atoms with van der Waals surface area (Å²) in [4.78, 5) is 29.2. The van der Waals surface area contributed by atoms with Gasteiger partial charge in [-0.05, 0) is 18.2 Å². The lowest BCUT2D eigenvalue weighted by molar-refractivity contribution is -0.142. The van der Waals surface area contributed by atoms with E-state index in [-0.39, 0.29) is 26.8 Å². The van der Waals surface area contributed by atoms with Gasteiger partial charge in [-0.1, -0.05) is 23.7 Å². The van der Waals surface area contributed by atoms with E-state index < -0.39 is 36.0 Å². The first-order chi connectivity index (χ1) is 13.3. The second-order valence-corrected chi connectivity index (χ2v) is 7.53. The Bertz CT molecular complexity index is 1120. The molecule has 2 aromatic carbocycles. The third kappa shape index (κ3) is 3.16. The molecule has 1 unspecified atom stereocenters. The number of aliphatic carboxylic acids is 1. The molecule has 28 heavy (non-hydrogen) atoms. The predicted molar refractivity (Wildman–Crippen MR) is 98.8 cm³/mol. The predicted octanol–water partition coefficient (Wildman–Crippen LogP) is 4.00. The van der Waals surface area contributed by atoms with Gasteiger partial charge in [-0.15, -0.1) is 11.3 Å². The summed E-state index contributed by atoms with van der Waals surface area (Å²) >= 11 is 6.56. The number of fused-ring (bicyclic) bond motifs is 2. The number of carboxylic acids is 1. The fourth-order valence-electron chi connectivity index (χ4n) is 2.96. The number of thiazole rings is 1. The van der Waals surface area contributed by atoms with Crippen LogP contribution in [0.2, 0.25) is 5.02 Å². The van der Waals surface area contributed by atoms with Gasteiger partial charge in [0, 0.05) is 0 Å². The summed E-state index contributed by atoms with van der Waals surface area (Å²) in [5, 5.41) is 8.95. The number of halogens is 3. The molecule has 0 radical (unpaired) electrons. The lowest BCUT2D eigenvalue weighted by atomic mass is 10.1. The molecule has 0 bridgehead atoms. The first-order valence-corrected chi connectivity index (χ1v) is 9.26. The lowest BCUT2D eigenvalue weighted by Crippen LogP contribution is -2.46. The van der Waals surface area contributed by atoms with Crippen LogP contribution < -0.4 is 9.64 Å². The fraction of sp³-hybridized carbons (Fsp3) is 0.167. The van der Waals surface area contributed by atoms with Crippen LogP contribution in [0.15, 0.2) is 30.3 Å². The Hall–Kier alpha value is -2.78. The van der Waals surface area contributed by atoms with Crippen LogP contribution >= 0.6 is 22.9 Å². The van der Waals surface area contributed by atoms with Crippen LogP contribution in [0.4, 0.5) is 14.5 Å². The van der Waals surface area contributed by atoms with Crippen molar-refractivity contribution in [2.24, 2.45) is 0 Å². The molecule has 1 aliphatic rings. The molecule has 144 valence electrons. The van der Waals surface area contributed by atoms with Gasteiger partial charge in [0.15, 0.2) is 17.7 Å². The second kappa shape index (κ2) is 6.99. The van der Waals surface area contributed by atoms with Crippen LogP contribution in [0.1, 0.15) is 11.4 Å². The molecule has 0 fully saturated rings. The number of anilines is 1. The van der Waals surface area contributed by atoms with E-state index in [1.165, 1.54) is 4.90 Å². The van der Waals surface area contributed by atoms with Crippen molar-refractivity contribution in [2.75, 3.05) is 4.90 Å². The Balaban J connectivity index is 1.74. The number of benzene rings is 2. The standard InChI is InChI=1S/C18H11ClF2N2O4S/c19-8-5-9(20)16-17(15(8)21)28-13(22-16)7-23-10-3-1-2-4-11(10)27-12(18(23)26)6-14(24)25/h1-5,12H,6-7H2,(H,24,25). The molecule has 1 atom stereocenters. The molecule has 6 nitrogen and oxygen atoms in total. The number of ether oxygens (including phenoxy) is 1. The van der Waals surface area contributed by atoms with E-state index in [1.807, 2.05) is 0 Å². The number of carboxylic acid groups (broad SMARTS) is 1. The maximum Gasteiger partial charge on any atom is 0.307 e. The quantitative estimate of drug-likeness (QED) is 0.640. The molecule has 1 N–H and O–H groups in total. The first kappa shape index (κ1) is 18.6. The topological polar surface area (TPSA) is 79.7 Å². The van der Waals surface area contributed by atoms with Crippen LogP contribution in [0.5, 0.6) is 5.75 Å². The van der Waals surface area contributed by atoms with E-state index in [0.717, 1.165) is 17.4 Å². The minimum absolute atomic E-state index is 0.0453. The number of nitrogens with zero attached hydrogens (tertiary/aromatic N) is 2. The highest BCUT2D eigenvalue weighted by Gasteiger charge is 2.36. The highest BCUT2D eigenvalue weighted by atomic mass is 35.5. The van der Waals surface area contributed by atoms with Crippen molar-refractivity contribution >= 4 is 50.7 Å².